The minimum atomic E-state index is 0.745. The third kappa shape index (κ3) is 3.07. The molecule has 21 heavy (non-hydrogen) atoms. The Morgan fingerprint density at radius 1 is 0.952 bits per heavy atom. The van der Waals surface area contributed by atoms with Crippen LogP contribution in [0.2, 0.25) is 0 Å². The molecule has 1 saturated carbocycles. The van der Waals surface area contributed by atoms with Crippen molar-refractivity contribution in [2.24, 2.45) is 0 Å². The van der Waals surface area contributed by atoms with E-state index in [1.54, 1.807) is 0 Å². The van der Waals surface area contributed by atoms with E-state index in [4.69, 9.17) is 0 Å². The maximum atomic E-state index is 10.8. The van der Waals surface area contributed by atoms with Gasteiger partial charge in [-0.3, -0.25) is 4.79 Å². The molecule has 1 nitrogen and oxygen atoms in total. The lowest BCUT2D eigenvalue weighted by molar-refractivity contribution is 0.112. The summed E-state index contributed by atoms with van der Waals surface area (Å²) in [6.07, 6.45) is 7.73. The van der Waals surface area contributed by atoms with Crippen LogP contribution >= 0.6 is 0 Å². The molecule has 0 bridgehead atoms. The van der Waals surface area contributed by atoms with Crippen LogP contribution in [0.25, 0.3) is 11.1 Å². The second kappa shape index (κ2) is 6.26. The topological polar surface area (TPSA) is 17.1 Å². The monoisotopic (exact) mass is 278 g/mol. The second-order valence-electron chi connectivity index (χ2n) is 6.15. The average molecular weight is 278 g/mol. The van der Waals surface area contributed by atoms with Gasteiger partial charge in [0.05, 0.1) is 0 Å². The molecule has 0 amide bonds. The highest BCUT2D eigenvalue weighted by atomic mass is 16.1. The molecular weight excluding hydrogens is 256 g/mol. The van der Waals surface area contributed by atoms with Gasteiger partial charge in [-0.2, -0.15) is 0 Å². The summed E-state index contributed by atoms with van der Waals surface area (Å²) in [5.74, 6) is 0.756. The lowest BCUT2D eigenvalue weighted by Gasteiger charge is -2.22. The van der Waals surface area contributed by atoms with Crippen LogP contribution in [-0.4, -0.2) is 6.29 Å². The third-order valence-electron chi connectivity index (χ3n) is 4.68. The van der Waals surface area contributed by atoms with Crippen molar-refractivity contribution in [3.05, 3.63) is 59.2 Å². The van der Waals surface area contributed by atoms with Crippen molar-refractivity contribution in [2.75, 3.05) is 0 Å². The van der Waals surface area contributed by atoms with Crippen LogP contribution in [0, 0.1) is 6.92 Å². The van der Waals surface area contributed by atoms with E-state index in [1.807, 2.05) is 12.1 Å². The summed E-state index contributed by atoms with van der Waals surface area (Å²) in [4.78, 5) is 10.8. The molecule has 0 aliphatic heterocycles. The van der Waals surface area contributed by atoms with E-state index >= 15 is 0 Å². The van der Waals surface area contributed by atoms with Crippen molar-refractivity contribution in [1.82, 2.24) is 0 Å². The summed E-state index contributed by atoms with van der Waals surface area (Å²) in [5, 5.41) is 0. The van der Waals surface area contributed by atoms with Gasteiger partial charge in [0.1, 0.15) is 6.29 Å². The van der Waals surface area contributed by atoms with Crippen LogP contribution in [0.15, 0.2) is 42.5 Å². The van der Waals surface area contributed by atoms with Gasteiger partial charge in [0.25, 0.3) is 0 Å². The molecule has 0 N–H and O–H groups in total. The standard InChI is InChI=1S/C20H22O/c1-15-13-16(14-21)7-12-20(15)19-10-8-18(9-11-19)17-5-3-2-4-6-17/h7-14,17H,2-6H2,1H3. The van der Waals surface area contributed by atoms with Gasteiger partial charge in [0, 0.05) is 5.56 Å². The number of aryl methyl sites for hydroxylation is 1. The lowest BCUT2D eigenvalue weighted by Crippen LogP contribution is -2.04. The first-order valence-corrected chi connectivity index (χ1v) is 7.94. The van der Waals surface area contributed by atoms with Gasteiger partial charge < -0.3 is 0 Å². The maximum Gasteiger partial charge on any atom is 0.150 e. The number of aldehydes is 1. The minimum Gasteiger partial charge on any atom is -0.298 e. The number of hydrogen-bond donors (Lipinski definition) is 0. The fraction of sp³-hybridized carbons (Fsp3) is 0.350. The molecule has 0 unspecified atom stereocenters. The predicted molar refractivity (Wildman–Crippen MR) is 87.8 cm³/mol. The van der Waals surface area contributed by atoms with E-state index in [0.29, 0.717) is 0 Å². The molecule has 1 heteroatoms. The zero-order chi connectivity index (χ0) is 14.7. The van der Waals surface area contributed by atoms with Gasteiger partial charge in [-0.1, -0.05) is 55.7 Å². The Balaban J connectivity index is 1.85. The van der Waals surface area contributed by atoms with E-state index in [9.17, 15) is 4.79 Å². The van der Waals surface area contributed by atoms with Crippen LogP contribution in [0.3, 0.4) is 0 Å². The van der Waals surface area contributed by atoms with Crippen molar-refractivity contribution in [3.8, 4) is 11.1 Å². The van der Waals surface area contributed by atoms with Gasteiger partial charge in [0.15, 0.2) is 0 Å². The number of carbonyl (C=O) groups excluding carboxylic acids is 1. The quantitative estimate of drug-likeness (QED) is 0.675. The Hall–Kier alpha value is -1.89. The molecular formula is C20H22O. The molecule has 1 aliphatic carbocycles. The summed E-state index contributed by atoms with van der Waals surface area (Å²) >= 11 is 0. The first-order chi connectivity index (χ1) is 10.3. The van der Waals surface area contributed by atoms with Crippen molar-refractivity contribution >= 4 is 6.29 Å². The molecule has 3 rings (SSSR count). The lowest BCUT2D eigenvalue weighted by atomic mass is 9.83. The molecule has 0 saturated heterocycles. The summed E-state index contributed by atoms with van der Waals surface area (Å²) < 4.78 is 0. The van der Waals surface area contributed by atoms with Gasteiger partial charge in [-0.05, 0) is 54.0 Å². The maximum absolute atomic E-state index is 10.8. The van der Waals surface area contributed by atoms with E-state index in [1.165, 1.54) is 48.8 Å². The van der Waals surface area contributed by atoms with Gasteiger partial charge in [-0.25, -0.2) is 0 Å². The van der Waals surface area contributed by atoms with Crippen LogP contribution in [0.4, 0.5) is 0 Å². The summed E-state index contributed by atoms with van der Waals surface area (Å²) in [6.45, 7) is 2.07. The summed E-state index contributed by atoms with van der Waals surface area (Å²) in [6, 6.07) is 14.9. The Labute approximate surface area is 127 Å². The molecule has 2 aromatic carbocycles. The van der Waals surface area contributed by atoms with Crippen LogP contribution < -0.4 is 0 Å². The number of benzene rings is 2. The van der Waals surface area contributed by atoms with E-state index in [-0.39, 0.29) is 0 Å². The second-order valence-corrected chi connectivity index (χ2v) is 6.15. The average Bonchev–Trinajstić information content (AvgIpc) is 2.56. The molecule has 2 aromatic rings. The predicted octanol–water partition coefficient (Wildman–Crippen LogP) is 5.52. The smallest absolute Gasteiger partial charge is 0.150 e. The van der Waals surface area contributed by atoms with Crippen LogP contribution in [-0.2, 0) is 0 Å². The molecule has 0 spiro atoms. The van der Waals surface area contributed by atoms with E-state index in [2.05, 4.69) is 37.3 Å². The fourth-order valence-electron chi connectivity index (χ4n) is 3.45. The molecule has 0 radical (unpaired) electrons. The normalized spacial score (nSPS) is 15.9. The Morgan fingerprint density at radius 2 is 1.67 bits per heavy atom. The number of carbonyl (C=O) groups is 1. The molecule has 0 aromatic heterocycles. The van der Waals surface area contributed by atoms with Crippen molar-refractivity contribution in [3.63, 3.8) is 0 Å². The van der Waals surface area contributed by atoms with Gasteiger partial charge in [0.2, 0.25) is 0 Å². The van der Waals surface area contributed by atoms with Crippen LogP contribution in [0.1, 0.15) is 59.5 Å². The minimum absolute atomic E-state index is 0.745. The first kappa shape index (κ1) is 14.1. The fourth-order valence-corrected chi connectivity index (χ4v) is 3.45. The molecule has 1 aliphatic rings. The van der Waals surface area contributed by atoms with Crippen molar-refractivity contribution in [1.29, 1.82) is 0 Å². The molecule has 1 fully saturated rings. The first-order valence-electron chi connectivity index (χ1n) is 7.94. The zero-order valence-corrected chi connectivity index (χ0v) is 12.6. The summed E-state index contributed by atoms with van der Waals surface area (Å²) in [7, 11) is 0. The van der Waals surface area contributed by atoms with Crippen molar-refractivity contribution < 1.29 is 4.79 Å². The SMILES string of the molecule is Cc1cc(C=O)ccc1-c1ccc(C2CCCCC2)cc1. The zero-order valence-electron chi connectivity index (χ0n) is 12.6. The highest BCUT2D eigenvalue weighted by Crippen LogP contribution is 2.34. The molecule has 108 valence electrons. The Morgan fingerprint density at radius 3 is 2.29 bits per heavy atom. The van der Waals surface area contributed by atoms with E-state index in [0.717, 1.165) is 23.3 Å². The summed E-state index contributed by atoms with van der Waals surface area (Å²) in [5.41, 5.74) is 5.85. The third-order valence-corrected chi connectivity index (χ3v) is 4.68. The number of hydrogen-bond acceptors (Lipinski definition) is 1. The Bertz CT molecular complexity index is 619. The van der Waals surface area contributed by atoms with Gasteiger partial charge in [-0.15, -0.1) is 0 Å². The number of rotatable bonds is 3. The largest absolute Gasteiger partial charge is 0.298 e. The molecule has 0 heterocycles. The van der Waals surface area contributed by atoms with Crippen LogP contribution in [0.5, 0.6) is 0 Å². The molecule has 0 atom stereocenters. The van der Waals surface area contributed by atoms with E-state index < -0.39 is 0 Å². The van der Waals surface area contributed by atoms with Crippen molar-refractivity contribution in [2.45, 2.75) is 44.9 Å². The van der Waals surface area contributed by atoms with Gasteiger partial charge >= 0.3 is 0 Å². The highest BCUT2D eigenvalue weighted by Gasteiger charge is 2.15. The Kier molecular flexibility index (Phi) is 4.19. The highest BCUT2D eigenvalue weighted by molar-refractivity contribution is 5.78.